The zero-order valence-electron chi connectivity index (χ0n) is 15.6. The zero-order valence-corrected chi connectivity index (χ0v) is 15.6. The second kappa shape index (κ2) is 8.79. The van der Waals surface area contributed by atoms with E-state index in [9.17, 15) is 4.79 Å². The molecule has 2 heterocycles. The fourth-order valence-corrected chi connectivity index (χ4v) is 4.06. The maximum absolute atomic E-state index is 13.0. The monoisotopic (exact) mass is 345 g/mol. The van der Waals surface area contributed by atoms with E-state index >= 15 is 0 Å². The van der Waals surface area contributed by atoms with Crippen molar-refractivity contribution in [1.29, 1.82) is 0 Å². The first kappa shape index (κ1) is 18.4. The van der Waals surface area contributed by atoms with Gasteiger partial charge in [-0.2, -0.15) is 0 Å². The van der Waals surface area contributed by atoms with E-state index in [4.69, 9.17) is 4.74 Å². The molecule has 2 fully saturated rings. The first-order chi connectivity index (χ1) is 12.2. The number of carbonyl (C=O) groups excluding carboxylic acids is 1. The third-order valence-corrected chi connectivity index (χ3v) is 5.54. The Bertz CT molecular complexity index is 543. The molecule has 2 aliphatic heterocycles. The number of rotatable bonds is 6. The highest BCUT2D eigenvalue weighted by atomic mass is 16.5. The summed E-state index contributed by atoms with van der Waals surface area (Å²) in [6, 6.07) is 10.8. The van der Waals surface area contributed by atoms with E-state index in [2.05, 4.69) is 28.9 Å². The topological polar surface area (TPSA) is 36.0 Å². The number of benzene rings is 1. The van der Waals surface area contributed by atoms with Crippen molar-refractivity contribution < 1.29 is 9.53 Å². The molecule has 0 spiro atoms. The van der Waals surface area contributed by atoms with Gasteiger partial charge in [-0.3, -0.25) is 14.6 Å². The molecule has 1 aromatic carbocycles. The van der Waals surface area contributed by atoms with Gasteiger partial charge in [-0.1, -0.05) is 30.3 Å². The molecule has 0 N–H and O–H groups in total. The second-order valence-electron chi connectivity index (χ2n) is 7.28. The fraction of sp³-hybridized carbons (Fsp3) is 0.650. The van der Waals surface area contributed by atoms with Crippen LogP contribution in [-0.2, 0) is 16.1 Å². The summed E-state index contributed by atoms with van der Waals surface area (Å²) in [6.07, 6.45) is 2.10. The van der Waals surface area contributed by atoms with Crippen molar-refractivity contribution in [2.24, 2.45) is 0 Å². The van der Waals surface area contributed by atoms with Crippen LogP contribution in [-0.4, -0.2) is 79.1 Å². The first-order valence-corrected chi connectivity index (χ1v) is 9.49. The Hall–Kier alpha value is -1.43. The molecule has 3 rings (SSSR count). The predicted octanol–water partition coefficient (Wildman–Crippen LogP) is 1.83. The van der Waals surface area contributed by atoms with Crippen LogP contribution in [0, 0.1) is 0 Å². The van der Waals surface area contributed by atoms with Gasteiger partial charge < -0.3 is 9.64 Å². The molecule has 2 saturated heterocycles. The summed E-state index contributed by atoms with van der Waals surface area (Å²) in [5.74, 6) is 0.313. The normalized spacial score (nSPS) is 24.5. The number of hydrogen-bond donors (Lipinski definition) is 0. The molecule has 0 radical (unpaired) electrons. The van der Waals surface area contributed by atoms with Crippen molar-refractivity contribution in [3.63, 3.8) is 0 Å². The summed E-state index contributed by atoms with van der Waals surface area (Å²) < 4.78 is 5.27. The van der Waals surface area contributed by atoms with E-state index in [0.29, 0.717) is 11.9 Å². The Balaban J connectivity index is 1.55. The zero-order chi connectivity index (χ0) is 17.6. The molecular weight excluding hydrogens is 314 g/mol. The highest BCUT2D eigenvalue weighted by Crippen LogP contribution is 2.21. The number of piperazine rings is 1. The van der Waals surface area contributed by atoms with E-state index in [1.807, 2.05) is 23.1 Å². The van der Waals surface area contributed by atoms with E-state index in [1.165, 1.54) is 5.56 Å². The molecule has 5 nitrogen and oxygen atoms in total. The molecule has 1 amide bonds. The third kappa shape index (κ3) is 4.60. The average molecular weight is 345 g/mol. The molecule has 0 saturated carbocycles. The van der Waals surface area contributed by atoms with Crippen LogP contribution in [0.25, 0.3) is 0 Å². The number of methoxy groups -OCH3 is 1. The molecule has 138 valence electrons. The molecule has 2 aliphatic rings. The lowest BCUT2D eigenvalue weighted by atomic mass is 10.0. The van der Waals surface area contributed by atoms with Gasteiger partial charge in [0.15, 0.2) is 0 Å². The van der Waals surface area contributed by atoms with Gasteiger partial charge in [-0.05, 0) is 25.3 Å². The lowest BCUT2D eigenvalue weighted by Gasteiger charge is -2.43. The number of piperidine rings is 1. The summed E-state index contributed by atoms with van der Waals surface area (Å²) in [5.41, 5.74) is 1.22. The van der Waals surface area contributed by atoms with Crippen molar-refractivity contribution in [3.8, 4) is 0 Å². The SMILES string of the molecule is COC[C@@H](C)N1CCN([C@@H]2CCCN(Cc3ccccc3)C2=O)CC1. The maximum atomic E-state index is 13.0. The Morgan fingerprint density at radius 2 is 1.84 bits per heavy atom. The molecule has 0 unspecified atom stereocenters. The van der Waals surface area contributed by atoms with Gasteiger partial charge in [0.25, 0.3) is 0 Å². The van der Waals surface area contributed by atoms with Crippen molar-refractivity contribution in [3.05, 3.63) is 35.9 Å². The van der Waals surface area contributed by atoms with Crippen LogP contribution in [0.15, 0.2) is 30.3 Å². The number of likely N-dealkylation sites (tertiary alicyclic amines) is 1. The quantitative estimate of drug-likeness (QED) is 0.788. The number of nitrogens with zero attached hydrogens (tertiary/aromatic N) is 3. The van der Waals surface area contributed by atoms with Crippen LogP contribution >= 0.6 is 0 Å². The molecule has 5 heteroatoms. The Morgan fingerprint density at radius 3 is 2.52 bits per heavy atom. The van der Waals surface area contributed by atoms with Gasteiger partial charge in [-0.15, -0.1) is 0 Å². The minimum atomic E-state index is 0.0670. The maximum Gasteiger partial charge on any atom is 0.240 e. The van der Waals surface area contributed by atoms with E-state index in [1.54, 1.807) is 7.11 Å². The van der Waals surface area contributed by atoms with Gasteiger partial charge in [-0.25, -0.2) is 0 Å². The molecular formula is C20H31N3O2. The fourth-order valence-electron chi connectivity index (χ4n) is 4.06. The average Bonchev–Trinajstić information content (AvgIpc) is 2.65. The molecule has 0 bridgehead atoms. The van der Waals surface area contributed by atoms with Crippen LogP contribution < -0.4 is 0 Å². The lowest BCUT2D eigenvalue weighted by Crippen LogP contribution is -2.58. The predicted molar refractivity (Wildman–Crippen MR) is 99.4 cm³/mol. The standard InChI is InChI=1S/C20H31N3O2/c1-17(16-25-2)21-11-13-22(14-12-21)19-9-6-10-23(20(19)24)15-18-7-4-3-5-8-18/h3-5,7-8,17,19H,6,9-16H2,1-2H3/t17-,19-/m1/s1. The number of amides is 1. The minimum Gasteiger partial charge on any atom is -0.383 e. The largest absolute Gasteiger partial charge is 0.383 e. The van der Waals surface area contributed by atoms with Gasteiger partial charge in [0, 0.05) is 52.4 Å². The van der Waals surface area contributed by atoms with Crippen molar-refractivity contribution in [1.82, 2.24) is 14.7 Å². The Kier molecular flexibility index (Phi) is 6.45. The second-order valence-corrected chi connectivity index (χ2v) is 7.28. The van der Waals surface area contributed by atoms with E-state index in [-0.39, 0.29) is 6.04 Å². The highest BCUT2D eigenvalue weighted by molar-refractivity contribution is 5.82. The Labute approximate surface area is 151 Å². The van der Waals surface area contributed by atoms with Gasteiger partial charge in [0.2, 0.25) is 5.91 Å². The van der Waals surface area contributed by atoms with Gasteiger partial charge in [0.05, 0.1) is 12.6 Å². The minimum absolute atomic E-state index is 0.0670. The molecule has 1 aromatic rings. The van der Waals surface area contributed by atoms with Crippen LogP contribution in [0.2, 0.25) is 0 Å². The summed E-state index contributed by atoms with van der Waals surface area (Å²) in [4.78, 5) is 19.9. The number of ether oxygens (including phenoxy) is 1. The van der Waals surface area contributed by atoms with Crippen LogP contribution in [0.5, 0.6) is 0 Å². The van der Waals surface area contributed by atoms with Crippen molar-refractivity contribution in [2.45, 2.75) is 38.4 Å². The smallest absolute Gasteiger partial charge is 0.240 e. The summed E-state index contributed by atoms with van der Waals surface area (Å²) in [5, 5.41) is 0. The number of carbonyl (C=O) groups is 1. The van der Waals surface area contributed by atoms with Crippen LogP contribution in [0.1, 0.15) is 25.3 Å². The molecule has 2 atom stereocenters. The van der Waals surface area contributed by atoms with Gasteiger partial charge in [0.1, 0.15) is 0 Å². The molecule has 0 aliphatic carbocycles. The summed E-state index contributed by atoms with van der Waals surface area (Å²) >= 11 is 0. The number of hydrogen-bond acceptors (Lipinski definition) is 4. The van der Waals surface area contributed by atoms with E-state index in [0.717, 1.165) is 58.7 Å². The third-order valence-electron chi connectivity index (χ3n) is 5.54. The molecule has 25 heavy (non-hydrogen) atoms. The summed E-state index contributed by atoms with van der Waals surface area (Å²) in [6.45, 7) is 8.60. The van der Waals surface area contributed by atoms with Crippen molar-refractivity contribution in [2.75, 3.05) is 46.4 Å². The first-order valence-electron chi connectivity index (χ1n) is 9.49. The van der Waals surface area contributed by atoms with Crippen molar-refractivity contribution >= 4 is 5.91 Å². The lowest BCUT2D eigenvalue weighted by molar-refractivity contribution is -0.142. The highest BCUT2D eigenvalue weighted by Gasteiger charge is 2.35. The van der Waals surface area contributed by atoms with Crippen LogP contribution in [0.4, 0.5) is 0 Å². The Morgan fingerprint density at radius 1 is 1.12 bits per heavy atom. The van der Waals surface area contributed by atoms with Crippen LogP contribution in [0.3, 0.4) is 0 Å². The molecule has 0 aromatic heterocycles. The summed E-state index contributed by atoms with van der Waals surface area (Å²) in [7, 11) is 1.76. The van der Waals surface area contributed by atoms with E-state index < -0.39 is 0 Å². The van der Waals surface area contributed by atoms with Gasteiger partial charge >= 0.3 is 0 Å².